The second-order valence-electron chi connectivity index (χ2n) is 3.97. The van der Waals surface area contributed by atoms with E-state index in [4.69, 9.17) is 9.47 Å². The summed E-state index contributed by atoms with van der Waals surface area (Å²) in [5.41, 5.74) is 0.595. The number of aromatic nitrogens is 2. The smallest absolute Gasteiger partial charge is 0.286 e. The van der Waals surface area contributed by atoms with Crippen LogP contribution in [0.15, 0.2) is 18.2 Å². The Labute approximate surface area is 126 Å². The van der Waals surface area contributed by atoms with Gasteiger partial charge in [-0.1, -0.05) is 11.3 Å². The molecule has 1 aromatic carbocycles. The summed E-state index contributed by atoms with van der Waals surface area (Å²) in [4.78, 5) is 12.1. The molecule has 1 aromatic heterocycles. The predicted octanol–water partition coefficient (Wildman–Crippen LogP) is 2.24. The van der Waals surface area contributed by atoms with E-state index in [-0.39, 0.29) is 5.91 Å². The number of hydrogen-bond acceptors (Lipinski definition) is 7. The van der Waals surface area contributed by atoms with Crippen LogP contribution in [-0.4, -0.2) is 36.9 Å². The highest BCUT2D eigenvalue weighted by Crippen LogP contribution is 2.30. The fourth-order valence-corrected chi connectivity index (χ4v) is 2.34. The van der Waals surface area contributed by atoms with Crippen molar-refractivity contribution in [3.8, 4) is 11.5 Å². The van der Waals surface area contributed by atoms with E-state index in [1.54, 1.807) is 25.3 Å². The third-order valence-corrected chi connectivity index (χ3v) is 3.47. The molecule has 0 unspecified atom stereocenters. The number of methoxy groups -OCH3 is 2. The lowest BCUT2D eigenvalue weighted by Gasteiger charge is -2.09. The summed E-state index contributed by atoms with van der Waals surface area (Å²) in [6.07, 6.45) is 0. The second kappa shape index (κ2) is 6.89. The number of hydrogen-bond donors (Lipinski definition) is 2. The van der Waals surface area contributed by atoms with Crippen molar-refractivity contribution in [3.05, 3.63) is 23.2 Å². The highest BCUT2D eigenvalue weighted by atomic mass is 32.1. The second-order valence-corrected chi connectivity index (χ2v) is 4.94. The molecule has 0 aliphatic heterocycles. The van der Waals surface area contributed by atoms with Crippen molar-refractivity contribution in [1.82, 2.24) is 10.2 Å². The van der Waals surface area contributed by atoms with Crippen LogP contribution in [0.2, 0.25) is 0 Å². The largest absolute Gasteiger partial charge is 0.493 e. The molecule has 0 atom stereocenters. The van der Waals surface area contributed by atoms with Gasteiger partial charge in [-0.2, -0.15) is 0 Å². The van der Waals surface area contributed by atoms with Gasteiger partial charge in [0.05, 0.1) is 14.2 Å². The molecule has 0 saturated carbocycles. The SMILES string of the molecule is CCNc1nnc(C(=O)Nc2ccc(OC)c(OC)c2)s1. The summed E-state index contributed by atoms with van der Waals surface area (Å²) in [5, 5.41) is 14.4. The van der Waals surface area contributed by atoms with Gasteiger partial charge >= 0.3 is 0 Å². The van der Waals surface area contributed by atoms with Gasteiger partial charge in [-0.15, -0.1) is 10.2 Å². The zero-order chi connectivity index (χ0) is 15.2. The lowest BCUT2D eigenvalue weighted by atomic mass is 10.2. The lowest BCUT2D eigenvalue weighted by Crippen LogP contribution is -2.11. The van der Waals surface area contributed by atoms with Crippen molar-refractivity contribution >= 4 is 28.1 Å². The highest BCUT2D eigenvalue weighted by molar-refractivity contribution is 7.17. The van der Waals surface area contributed by atoms with Crippen LogP contribution in [0.1, 0.15) is 16.7 Å². The molecule has 21 heavy (non-hydrogen) atoms. The lowest BCUT2D eigenvalue weighted by molar-refractivity contribution is 0.102. The fourth-order valence-electron chi connectivity index (χ4n) is 1.64. The fraction of sp³-hybridized carbons (Fsp3) is 0.308. The minimum atomic E-state index is -0.316. The van der Waals surface area contributed by atoms with Gasteiger partial charge in [-0.25, -0.2) is 0 Å². The van der Waals surface area contributed by atoms with Gasteiger partial charge in [-0.3, -0.25) is 4.79 Å². The molecule has 0 radical (unpaired) electrons. The molecule has 0 aliphatic carbocycles. The number of anilines is 2. The first-order valence-corrected chi connectivity index (χ1v) is 7.10. The molecule has 0 saturated heterocycles. The summed E-state index contributed by atoms with van der Waals surface area (Å²) in [6, 6.07) is 5.13. The molecule has 2 N–H and O–H groups in total. The number of amides is 1. The Balaban J connectivity index is 2.11. The van der Waals surface area contributed by atoms with Crippen LogP contribution in [0.3, 0.4) is 0 Å². The number of carbonyl (C=O) groups is 1. The molecule has 1 amide bonds. The Bertz CT molecular complexity index is 630. The van der Waals surface area contributed by atoms with E-state index < -0.39 is 0 Å². The summed E-state index contributed by atoms with van der Waals surface area (Å²) in [7, 11) is 3.09. The van der Waals surface area contributed by atoms with Crippen LogP contribution in [0.5, 0.6) is 11.5 Å². The summed E-state index contributed by atoms with van der Waals surface area (Å²) in [5.74, 6) is 0.825. The van der Waals surface area contributed by atoms with Crippen LogP contribution in [-0.2, 0) is 0 Å². The monoisotopic (exact) mass is 308 g/mol. The molecule has 2 rings (SSSR count). The van der Waals surface area contributed by atoms with Gasteiger partial charge < -0.3 is 20.1 Å². The first-order valence-electron chi connectivity index (χ1n) is 6.28. The van der Waals surface area contributed by atoms with Gasteiger partial charge in [-0.05, 0) is 19.1 Å². The highest BCUT2D eigenvalue weighted by Gasteiger charge is 2.14. The van der Waals surface area contributed by atoms with Gasteiger partial charge in [0.15, 0.2) is 11.5 Å². The first kappa shape index (κ1) is 15.0. The van der Waals surface area contributed by atoms with Crippen molar-refractivity contribution in [3.63, 3.8) is 0 Å². The van der Waals surface area contributed by atoms with Crippen LogP contribution in [0.25, 0.3) is 0 Å². The normalized spacial score (nSPS) is 10.0. The van der Waals surface area contributed by atoms with Crippen molar-refractivity contribution < 1.29 is 14.3 Å². The van der Waals surface area contributed by atoms with E-state index in [2.05, 4.69) is 20.8 Å². The average Bonchev–Trinajstić information content (AvgIpc) is 2.96. The van der Waals surface area contributed by atoms with E-state index in [9.17, 15) is 4.79 Å². The van der Waals surface area contributed by atoms with E-state index in [1.807, 2.05) is 6.92 Å². The number of nitrogens with zero attached hydrogens (tertiary/aromatic N) is 2. The number of ether oxygens (including phenoxy) is 2. The van der Waals surface area contributed by atoms with Gasteiger partial charge in [0.1, 0.15) is 0 Å². The number of rotatable bonds is 6. The third-order valence-electron chi connectivity index (χ3n) is 2.59. The number of benzene rings is 1. The molecular formula is C13H16N4O3S. The van der Waals surface area contributed by atoms with Crippen LogP contribution < -0.4 is 20.1 Å². The molecule has 0 aliphatic rings. The molecule has 0 spiro atoms. The zero-order valence-corrected chi connectivity index (χ0v) is 12.8. The van der Waals surface area contributed by atoms with Crippen LogP contribution in [0, 0.1) is 0 Å². The summed E-state index contributed by atoms with van der Waals surface area (Å²) >= 11 is 1.20. The quantitative estimate of drug-likeness (QED) is 0.851. The van der Waals surface area contributed by atoms with E-state index in [1.165, 1.54) is 18.4 Å². The zero-order valence-electron chi connectivity index (χ0n) is 12.0. The maximum absolute atomic E-state index is 12.1. The van der Waals surface area contributed by atoms with Gasteiger partial charge in [0.2, 0.25) is 10.1 Å². The van der Waals surface area contributed by atoms with Crippen molar-refractivity contribution in [2.45, 2.75) is 6.92 Å². The maximum Gasteiger partial charge on any atom is 0.286 e. The first-order chi connectivity index (χ1) is 10.2. The molecule has 0 bridgehead atoms. The maximum atomic E-state index is 12.1. The van der Waals surface area contributed by atoms with Crippen LogP contribution in [0.4, 0.5) is 10.8 Å². The molecule has 112 valence electrons. The molecule has 7 nitrogen and oxygen atoms in total. The van der Waals surface area contributed by atoms with Crippen molar-refractivity contribution in [2.75, 3.05) is 31.4 Å². The molecule has 0 fully saturated rings. The Morgan fingerprint density at radius 2 is 2.00 bits per heavy atom. The molecule has 8 heteroatoms. The minimum Gasteiger partial charge on any atom is -0.493 e. The summed E-state index contributed by atoms with van der Waals surface area (Å²) in [6.45, 7) is 2.68. The van der Waals surface area contributed by atoms with E-state index in [0.29, 0.717) is 27.3 Å². The van der Waals surface area contributed by atoms with Gasteiger partial charge in [0, 0.05) is 18.3 Å². The van der Waals surface area contributed by atoms with Crippen molar-refractivity contribution in [1.29, 1.82) is 0 Å². The Kier molecular flexibility index (Phi) is 4.94. The Morgan fingerprint density at radius 1 is 1.24 bits per heavy atom. The Morgan fingerprint density at radius 3 is 2.67 bits per heavy atom. The third kappa shape index (κ3) is 3.60. The van der Waals surface area contributed by atoms with E-state index >= 15 is 0 Å². The molecular weight excluding hydrogens is 292 g/mol. The molecule has 1 heterocycles. The topological polar surface area (TPSA) is 85.4 Å². The van der Waals surface area contributed by atoms with Gasteiger partial charge in [0.25, 0.3) is 5.91 Å². The molecule has 2 aromatic rings. The van der Waals surface area contributed by atoms with Crippen LogP contribution >= 0.6 is 11.3 Å². The summed E-state index contributed by atoms with van der Waals surface area (Å²) < 4.78 is 10.3. The Hall–Kier alpha value is -2.35. The minimum absolute atomic E-state index is 0.292. The number of nitrogens with one attached hydrogen (secondary N) is 2. The number of carbonyl (C=O) groups excluding carboxylic acids is 1. The van der Waals surface area contributed by atoms with Crippen molar-refractivity contribution in [2.24, 2.45) is 0 Å². The van der Waals surface area contributed by atoms with E-state index in [0.717, 1.165) is 6.54 Å². The predicted molar refractivity (Wildman–Crippen MR) is 81.6 cm³/mol. The standard InChI is InChI=1S/C13H16N4O3S/c1-4-14-13-17-16-12(21-13)11(18)15-8-5-6-9(19-2)10(7-8)20-3/h5-7H,4H2,1-3H3,(H,14,17)(H,15,18). The average molecular weight is 308 g/mol.